The molecule has 31 heavy (non-hydrogen) atoms. The molecule has 0 amide bonds. The second-order valence-corrected chi connectivity index (χ2v) is 6.71. The maximum Gasteiger partial charge on any atom is 0.460 e. The van der Waals surface area contributed by atoms with Gasteiger partial charge in [0, 0.05) is 26.2 Å². The minimum absolute atomic E-state index is 0.411. The van der Waals surface area contributed by atoms with Crippen molar-refractivity contribution in [2.45, 2.75) is 48.3 Å². The lowest BCUT2D eigenvalue weighted by Crippen LogP contribution is -2.70. The number of rotatable bonds is 8. The molecule has 0 spiro atoms. The van der Waals surface area contributed by atoms with E-state index in [0.717, 1.165) is 12.1 Å². The summed E-state index contributed by atoms with van der Waals surface area (Å²) in [5, 5.41) is 9.62. The van der Waals surface area contributed by atoms with Crippen LogP contribution in [0.3, 0.4) is 0 Å². The molecule has 2 nitrogen and oxygen atoms in total. The van der Waals surface area contributed by atoms with E-state index in [1.165, 1.54) is 31.1 Å². The molecule has 1 N–H and O–H groups in total. The van der Waals surface area contributed by atoms with E-state index >= 15 is 0 Å². The van der Waals surface area contributed by atoms with Crippen LogP contribution in [-0.4, -0.2) is 55.0 Å². The quantitative estimate of drug-likeness (QED) is 0.465. The standard InChI is InChI=1S/C16H14F13NO/c1-30(2)9-5-3-8(4-6-9)10(31)7-11(17,18)12(19,20)13(21,22)14(23,24)15(25,26)16(27,28)29/h3-6,10,31H,7H2,1-2H3. The molecule has 0 heterocycles. The molecule has 0 aliphatic carbocycles. The van der Waals surface area contributed by atoms with Gasteiger partial charge in [0.25, 0.3) is 0 Å². The van der Waals surface area contributed by atoms with Gasteiger partial charge >= 0.3 is 35.8 Å². The lowest BCUT2D eigenvalue weighted by atomic mass is 9.90. The summed E-state index contributed by atoms with van der Waals surface area (Å²) >= 11 is 0. The van der Waals surface area contributed by atoms with Crippen LogP contribution in [0.25, 0.3) is 0 Å². The second-order valence-electron chi connectivity index (χ2n) is 6.71. The van der Waals surface area contributed by atoms with Crippen LogP contribution in [0.2, 0.25) is 0 Å². The second kappa shape index (κ2) is 7.89. The molecule has 1 unspecified atom stereocenters. The largest absolute Gasteiger partial charge is 0.460 e. The molecule has 1 aromatic carbocycles. The highest BCUT2D eigenvalue weighted by Gasteiger charge is 2.90. The topological polar surface area (TPSA) is 23.5 Å². The van der Waals surface area contributed by atoms with Crippen molar-refractivity contribution in [2.24, 2.45) is 0 Å². The van der Waals surface area contributed by atoms with Crippen LogP contribution in [0.5, 0.6) is 0 Å². The summed E-state index contributed by atoms with van der Waals surface area (Å²) in [4.78, 5) is 1.47. The van der Waals surface area contributed by atoms with Crippen molar-refractivity contribution in [3.05, 3.63) is 29.8 Å². The van der Waals surface area contributed by atoms with E-state index in [4.69, 9.17) is 0 Å². The first kappa shape index (κ1) is 27.1. The van der Waals surface area contributed by atoms with Crippen LogP contribution in [0.15, 0.2) is 24.3 Å². The van der Waals surface area contributed by atoms with E-state index in [1.54, 1.807) is 0 Å². The van der Waals surface area contributed by atoms with E-state index in [1.807, 2.05) is 0 Å². The molecule has 0 radical (unpaired) electrons. The Kier molecular flexibility index (Phi) is 6.90. The number of benzene rings is 1. The fraction of sp³-hybridized carbons (Fsp3) is 0.625. The van der Waals surface area contributed by atoms with Gasteiger partial charge in [-0.2, -0.15) is 57.1 Å². The average Bonchev–Trinajstić information content (AvgIpc) is 2.59. The first-order chi connectivity index (χ1) is 13.5. The van der Waals surface area contributed by atoms with Gasteiger partial charge in [-0.3, -0.25) is 0 Å². The zero-order valence-electron chi connectivity index (χ0n) is 15.4. The van der Waals surface area contributed by atoms with Crippen LogP contribution in [0.1, 0.15) is 18.1 Å². The minimum Gasteiger partial charge on any atom is -0.388 e. The molecule has 0 aromatic heterocycles. The predicted octanol–water partition coefficient (Wildman–Crippen LogP) is 5.91. The highest BCUT2D eigenvalue weighted by atomic mass is 19.4. The van der Waals surface area contributed by atoms with Gasteiger partial charge in [0.2, 0.25) is 0 Å². The summed E-state index contributed by atoms with van der Waals surface area (Å²) in [6.07, 6.45) is -12.8. The van der Waals surface area contributed by atoms with Gasteiger partial charge < -0.3 is 10.0 Å². The fourth-order valence-corrected chi connectivity index (χ4v) is 2.29. The van der Waals surface area contributed by atoms with Crippen molar-refractivity contribution in [1.29, 1.82) is 0 Å². The van der Waals surface area contributed by atoms with Crippen molar-refractivity contribution in [1.82, 2.24) is 0 Å². The van der Waals surface area contributed by atoms with Crippen LogP contribution in [0.4, 0.5) is 62.8 Å². The van der Waals surface area contributed by atoms with Gasteiger partial charge in [0.05, 0.1) is 6.10 Å². The summed E-state index contributed by atoms with van der Waals surface area (Å²) in [6, 6.07) is 4.11. The van der Waals surface area contributed by atoms with Gasteiger partial charge in [-0.1, -0.05) is 12.1 Å². The Labute approximate surface area is 166 Å². The number of hydrogen-bond acceptors (Lipinski definition) is 2. The maximum atomic E-state index is 13.8. The third-order valence-electron chi connectivity index (χ3n) is 4.24. The molecule has 1 atom stereocenters. The van der Waals surface area contributed by atoms with Crippen LogP contribution >= 0.6 is 0 Å². The van der Waals surface area contributed by atoms with Crippen LogP contribution in [0, 0.1) is 0 Å². The fourth-order valence-electron chi connectivity index (χ4n) is 2.29. The molecule has 15 heteroatoms. The highest BCUT2D eigenvalue weighted by Crippen LogP contribution is 2.61. The predicted molar refractivity (Wildman–Crippen MR) is 81.1 cm³/mol. The van der Waals surface area contributed by atoms with Crippen LogP contribution in [-0.2, 0) is 0 Å². The van der Waals surface area contributed by atoms with E-state index in [2.05, 4.69) is 0 Å². The van der Waals surface area contributed by atoms with Gasteiger partial charge in [0.15, 0.2) is 0 Å². The molecule has 0 bridgehead atoms. The zero-order valence-corrected chi connectivity index (χ0v) is 15.4. The first-order valence-corrected chi connectivity index (χ1v) is 7.95. The Bertz CT molecular complexity index is 756. The minimum atomic E-state index is -7.95. The molecule has 0 saturated carbocycles. The zero-order chi connectivity index (χ0) is 24.8. The molecule has 0 aliphatic rings. The van der Waals surface area contributed by atoms with Gasteiger partial charge in [-0.15, -0.1) is 0 Å². The van der Waals surface area contributed by atoms with Crippen LogP contribution < -0.4 is 4.90 Å². The maximum absolute atomic E-state index is 13.8. The molecular formula is C16H14F13NO. The highest BCUT2D eigenvalue weighted by molar-refractivity contribution is 5.46. The molecule has 0 fully saturated rings. The van der Waals surface area contributed by atoms with Crippen molar-refractivity contribution >= 4 is 5.69 Å². The Balaban J connectivity index is 3.29. The monoisotopic (exact) mass is 483 g/mol. The van der Waals surface area contributed by atoms with Crippen molar-refractivity contribution in [2.75, 3.05) is 19.0 Å². The first-order valence-electron chi connectivity index (χ1n) is 7.95. The summed E-state index contributed by atoms with van der Waals surface area (Å²) in [6.45, 7) is 0. The Morgan fingerprint density at radius 1 is 0.677 bits per heavy atom. The van der Waals surface area contributed by atoms with E-state index in [9.17, 15) is 62.2 Å². The number of aliphatic hydroxyl groups excluding tert-OH is 1. The van der Waals surface area contributed by atoms with Crippen molar-refractivity contribution < 1.29 is 62.2 Å². The van der Waals surface area contributed by atoms with Crippen molar-refractivity contribution in [3.8, 4) is 0 Å². The Morgan fingerprint density at radius 2 is 1.06 bits per heavy atom. The summed E-state index contributed by atoms with van der Waals surface area (Å²) in [5.41, 5.74) is -0.162. The Hall–Kier alpha value is -1.93. The summed E-state index contributed by atoms with van der Waals surface area (Å²) < 4.78 is 170. The number of anilines is 1. The molecule has 1 rings (SSSR count). The third-order valence-corrected chi connectivity index (χ3v) is 4.24. The lowest BCUT2D eigenvalue weighted by Gasteiger charge is -2.40. The van der Waals surface area contributed by atoms with E-state index in [0.29, 0.717) is 5.69 Å². The molecule has 0 aliphatic heterocycles. The van der Waals surface area contributed by atoms with E-state index in [-0.39, 0.29) is 0 Å². The Morgan fingerprint density at radius 3 is 1.42 bits per heavy atom. The molecular weight excluding hydrogens is 469 g/mol. The number of aliphatic hydroxyl groups is 1. The summed E-state index contributed by atoms with van der Waals surface area (Å²) in [5.74, 6) is -37.3. The number of alkyl halides is 13. The number of hydrogen-bond donors (Lipinski definition) is 1. The average molecular weight is 483 g/mol. The SMILES string of the molecule is CN(C)c1ccc(C(O)CC(F)(F)C(F)(F)C(F)(F)C(F)(F)C(F)(F)C(F)(F)F)cc1. The van der Waals surface area contributed by atoms with E-state index < -0.39 is 53.9 Å². The van der Waals surface area contributed by atoms with Crippen molar-refractivity contribution in [3.63, 3.8) is 0 Å². The number of halogens is 13. The molecule has 180 valence electrons. The third kappa shape index (κ3) is 4.37. The summed E-state index contributed by atoms with van der Waals surface area (Å²) in [7, 11) is 3.05. The smallest absolute Gasteiger partial charge is 0.388 e. The molecule has 0 saturated heterocycles. The van der Waals surface area contributed by atoms with Gasteiger partial charge in [0.1, 0.15) is 0 Å². The van der Waals surface area contributed by atoms with Gasteiger partial charge in [-0.25, -0.2) is 0 Å². The van der Waals surface area contributed by atoms with Gasteiger partial charge in [-0.05, 0) is 17.7 Å². The number of nitrogens with zero attached hydrogens (tertiary/aromatic N) is 1. The normalized spacial score (nSPS) is 15.7. The lowest BCUT2D eigenvalue weighted by molar-refractivity contribution is -0.440. The molecule has 1 aromatic rings.